The molecule has 4 heteroatoms. The number of carbonyl (C=O) groups excluding carboxylic acids is 1. The molecule has 4 nitrogen and oxygen atoms in total. The second kappa shape index (κ2) is 5.23. The number of hydrogen-bond acceptors (Lipinski definition) is 3. The van der Waals surface area contributed by atoms with Gasteiger partial charge >= 0.3 is 0 Å². The quantitative estimate of drug-likeness (QED) is 0.901. The van der Waals surface area contributed by atoms with Crippen LogP contribution < -0.4 is 5.32 Å². The van der Waals surface area contributed by atoms with Crippen molar-refractivity contribution >= 4 is 5.91 Å². The molecule has 124 valence electrons. The zero-order valence-corrected chi connectivity index (χ0v) is 14.1. The number of rotatable bonds is 3. The first-order valence-corrected chi connectivity index (χ1v) is 8.89. The van der Waals surface area contributed by atoms with E-state index < -0.39 is 0 Å². The van der Waals surface area contributed by atoms with E-state index in [9.17, 15) is 9.90 Å². The second-order valence-electron chi connectivity index (χ2n) is 7.74. The Bertz CT molecular complexity index is 622. The summed E-state index contributed by atoms with van der Waals surface area (Å²) in [5.74, 6) is 1.34. The van der Waals surface area contributed by atoms with E-state index in [0.29, 0.717) is 17.6 Å². The van der Waals surface area contributed by atoms with E-state index in [2.05, 4.69) is 10.2 Å². The zero-order valence-electron chi connectivity index (χ0n) is 14.1. The normalized spacial score (nSPS) is 26.4. The van der Waals surface area contributed by atoms with Crippen molar-refractivity contribution in [2.24, 2.45) is 5.92 Å². The number of phenolic OH excluding ortho intramolecular Hbond substituents is 1. The Morgan fingerprint density at radius 2 is 1.83 bits per heavy atom. The Hall–Kier alpha value is -1.55. The molecule has 1 atom stereocenters. The molecular weight excluding hydrogens is 288 g/mol. The van der Waals surface area contributed by atoms with E-state index in [1.54, 1.807) is 0 Å². The fourth-order valence-electron chi connectivity index (χ4n) is 4.31. The summed E-state index contributed by atoms with van der Waals surface area (Å²) < 4.78 is 0. The molecule has 1 spiro atoms. The third-order valence-corrected chi connectivity index (χ3v) is 5.83. The summed E-state index contributed by atoms with van der Waals surface area (Å²) in [4.78, 5) is 15.2. The average Bonchev–Trinajstić information content (AvgIpc) is 3.15. The van der Waals surface area contributed by atoms with Gasteiger partial charge in [0.15, 0.2) is 0 Å². The summed E-state index contributed by atoms with van der Waals surface area (Å²) >= 11 is 0. The molecule has 3 aliphatic rings. The van der Waals surface area contributed by atoms with Gasteiger partial charge in [-0.3, -0.25) is 10.1 Å². The van der Waals surface area contributed by atoms with Crippen LogP contribution in [0.1, 0.15) is 61.4 Å². The van der Waals surface area contributed by atoms with Crippen LogP contribution in [-0.2, 0) is 4.79 Å². The third kappa shape index (κ3) is 2.44. The monoisotopic (exact) mass is 314 g/mol. The Balaban J connectivity index is 1.71. The van der Waals surface area contributed by atoms with Gasteiger partial charge in [0.25, 0.3) is 0 Å². The van der Waals surface area contributed by atoms with Crippen molar-refractivity contribution in [3.63, 3.8) is 0 Å². The minimum Gasteiger partial charge on any atom is -0.507 e. The zero-order chi connectivity index (χ0) is 16.2. The van der Waals surface area contributed by atoms with Crippen molar-refractivity contribution in [1.29, 1.82) is 0 Å². The number of phenols is 1. The predicted octanol–water partition coefficient (Wildman–Crippen LogP) is 3.16. The fraction of sp³-hybridized carbons (Fsp3) is 0.632. The molecule has 1 saturated heterocycles. The average molecular weight is 314 g/mol. The number of nitrogens with zero attached hydrogens (tertiary/aromatic N) is 1. The molecule has 3 fully saturated rings. The van der Waals surface area contributed by atoms with Crippen LogP contribution in [0.3, 0.4) is 0 Å². The van der Waals surface area contributed by atoms with Crippen molar-refractivity contribution in [2.75, 3.05) is 6.54 Å². The van der Waals surface area contributed by atoms with E-state index in [1.807, 2.05) is 26.0 Å². The minimum atomic E-state index is -0.334. The molecule has 0 radical (unpaired) electrons. The van der Waals surface area contributed by atoms with Crippen LogP contribution in [0.25, 0.3) is 0 Å². The summed E-state index contributed by atoms with van der Waals surface area (Å²) in [6.45, 7) is 4.73. The lowest BCUT2D eigenvalue weighted by Gasteiger charge is -2.25. The fourth-order valence-corrected chi connectivity index (χ4v) is 4.31. The maximum atomic E-state index is 13.1. The van der Waals surface area contributed by atoms with Gasteiger partial charge in [0.1, 0.15) is 11.9 Å². The van der Waals surface area contributed by atoms with E-state index in [0.717, 1.165) is 48.9 Å². The molecule has 4 rings (SSSR count). The summed E-state index contributed by atoms with van der Waals surface area (Å²) in [5.41, 5.74) is 2.54. The summed E-state index contributed by atoms with van der Waals surface area (Å²) in [6.07, 6.45) is 6.64. The number of benzene rings is 1. The van der Waals surface area contributed by atoms with Crippen LogP contribution in [0.4, 0.5) is 0 Å². The minimum absolute atomic E-state index is 0.0424. The highest BCUT2D eigenvalue weighted by molar-refractivity contribution is 5.89. The van der Waals surface area contributed by atoms with Gasteiger partial charge in [-0.15, -0.1) is 0 Å². The summed E-state index contributed by atoms with van der Waals surface area (Å²) in [7, 11) is 0. The van der Waals surface area contributed by atoms with Gasteiger partial charge in [0.2, 0.25) is 5.91 Å². The highest BCUT2D eigenvalue weighted by Crippen LogP contribution is 2.43. The molecule has 0 bridgehead atoms. The van der Waals surface area contributed by atoms with Crippen LogP contribution in [0.15, 0.2) is 12.1 Å². The topological polar surface area (TPSA) is 52.6 Å². The number of aryl methyl sites for hydroxylation is 2. The Morgan fingerprint density at radius 3 is 2.39 bits per heavy atom. The van der Waals surface area contributed by atoms with Gasteiger partial charge in [-0.25, -0.2) is 0 Å². The summed E-state index contributed by atoms with van der Waals surface area (Å²) in [6, 6.07) is 4.06. The molecule has 0 unspecified atom stereocenters. The molecule has 23 heavy (non-hydrogen) atoms. The standard InChI is InChI=1S/C19H26N2O2/c1-12-9-15(10-13(2)16(12)22)17-20-19(7-3-4-8-19)18(23)21(17)11-14-5-6-14/h9-10,14,17,20,22H,3-8,11H2,1-2H3/t17-/m0/s1. The van der Waals surface area contributed by atoms with Crippen molar-refractivity contribution in [2.45, 2.75) is 64.1 Å². The number of carbonyl (C=O) groups is 1. The highest BCUT2D eigenvalue weighted by Gasteiger charge is 2.53. The van der Waals surface area contributed by atoms with Gasteiger partial charge in [-0.2, -0.15) is 0 Å². The van der Waals surface area contributed by atoms with Crippen molar-refractivity contribution in [1.82, 2.24) is 10.2 Å². The molecule has 2 saturated carbocycles. The first kappa shape index (κ1) is 15.0. The van der Waals surface area contributed by atoms with Crippen molar-refractivity contribution in [3.8, 4) is 5.75 Å². The molecule has 1 aromatic carbocycles. The molecule has 1 aliphatic heterocycles. The smallest absolute Gasteiger partial charge is 0.244 e. The van der Waals surface area contributed by atoms with E-state index in [4.69, 9.17) is 0 Å². The van der Waals surface area contributed by atoms with Gasteiger partial charge in [0.05, 0.1) is 5.54 Å². The second-order valence-corrected chi connectivity index (χ2v) is 7.74. The van der Waals surface area contributed by atoms with Gasteiger partial charge in [0, 0.05) is 6.54 Å². The maximum Gasteiger partial charge on any atom is 0.244 e. The molecule has 0 aromatic heterocycles. The van der Waals surface area contributed by atoms with Crippen LogP contribution in [-0.4, -0.2) is 28.0 Å². The Labute approximate surface area is 137 Å². The predicted molar refractivity (Wildman–Crippen MR) is 89.1 cm³/mol. The lowest BCUT2D eigenvalue weighted by Crippen LogP contribution is -2.44. The molecule has 2 aliphatic carbocycles. The SMILES string of the molecule is Cc1cc([C@H]2NC3(CCCC3)C(=O)N2CC2CC2)cc(C)c1O. The molecule has 1 aromatic rings. The van der Waals surface area contributed by atoms with Crippen molar-refractivity contribution in [3.05, 3.63) is 28.8 Å². The number of aromatic hydroxyl groups is 1. The first-order chi connectivity index (χ1) is 11.0. The van der Waals surface area contributed by atoms with Gasteiger partial charge in [-0.1, -0.05) is 12.8 Å². The van der Waals surface area contributed by atoms with Crippen LogP contribution in [0.5, 0.6) is 5.75 Å². The van der Waals surface area contributed by atoms with Crippen LogP contribution >= 0.6 is 0 Å². The number of hydrogen-bond donors (Lipinski definition) is 2. The highest BCUT2D eigenvalue weighted by atomic mass is 16.3. The Kier molecular flexibility index (Phi) is 3.41. The van der Waals surface area contributed by atoms with Crippen molar-refractivity contribution < 1.29 is 9.90 Å². The Morgan fingerprint density at radius 1 is 1.22 bits per heavy atom. The first-order valence-electron chi connectivity index (χ1n) is 8.89. The number of nitrogens with one attached hydrogen (secondary N) is 1. The van der Waals surface area contributed by atoms with Crippen LogP contribution in [0.2, 0.25) is 0 Å². The largest absolute Gasteiger partial charge is 0.507 e. The molecule has 1 amide bonds. The van der Waals surface area contributed by atoms with Gasteiger partial charge in [-0.05, 0) is 74.3 Å². The lowest BCUT2D eigenvalue weighted by molar-refractivity contribution is -0.133. The molecule has 1 heterocycles. The lowest BCUT2D eigenvalue weighted by atomic mass is 9.98. The summed E-state index contributed by atoms with van der Waals surface area (Å²) in [5, 5.41) is 13.7. The van der Waals surface area contributed by atoms with E-state index in [-0.39, 0.29) is 11.7 Å². The molecule has 2 N–H and O–H groups in total. The third-order valence-electron chi connectivity index (χ3n) is 5.83. The maximum absolute atomic E-state index is 13.1. The van der Waals surface area contributed by atoms with Gasteiger partial charge < -0.3 is 10.0 Å². The van der Waals surface area contributed by atoms with E-state index in [1.165, 1.54) is 12.8 Å². The van der Waals surface area contributed by atoms with Crippen LogP contribution in [0, 0.1) is 19.8 Å². The number of amides is 1. The van der Waals surface area contributed by atoms with E-state index >= 15 is 0 Å². The molecular formula is C19H26N2O2.